The molecule has 1 aliphatic heterocycles. The largest absolute Gasteiger partial charge is 0.372 e. The van der Waals surface area contributed by atoms with Crippen LogP contribution < -0.4 is 9.62 Å². The van der Waals surface area contributed by atoms with Crippen LogP contribution in [-0.2, 0) is 14.8 Å². The Morgan fingerprint density at radius 3 is 2.16 bits per heavy atom. The Hall–Kier alpha value is -1.27. The van der Waals surface area contributed by atoms with E-state index in [1.807, 2.05) is 12.1 Å². The van der Waals surface area contributed by atoms with Crippen LogP contribution in [0.15, 0.2) is 24.3 Å². The number of nitrogens with zero attached hydrogens (tertiary/aromatic N) is 1. The molecule has 6 heteroatoms. The molecule has 1 aromatic rings. The molecule has 1 N–H and O–H groups in total. The van der Waals surface area contributed by atoms with E-state index >= 15 is 0 Å². The number of hydrogen-bond donors (Lipinski definition) is 1. The summed E-state index contributed by atoms with van der Waals surface area (Å²) in [6, 6.07) is 7.42. The van der Waals surface area contributed by atoms with Crippen molar-refractivity contribution in [1.82, 2.24) is 0 Å². The first-order valence-corrected chi connectivity index (χ1v) is 8.21. The quantitative estimate of drug-likeness (QED) is 0.917. The van der Waals surface area contributed by atoms with Crippen molar-refractivity contribution in [3.05, 3.63) is 24.3 Å². The van der Waals surface area contributed by atoms with Crippen molar-refractivity contribution in [3.8, 4) is 0 Å². The highest BCUT2D eigenvalue weighted by Crippen LogP contribution is 2.22. The first-order chi connectivity index (χ1) is 8.83. The summed E-state index contributed by atoms with van der Waals surface area (Å²) in [5.41, 5.74) is 1.67. The Bertz CT molecular complexity index is 517. The zero-order valence-corrected chi connectivity index (χ0v) is 12.3. The van der Waals surface area contributed by atoms with Crippen molar-refractivity contribution < 1.29 is 13.2 Å². The molecule has 0 unspecified atom stereocenters. The molecule has 0 spiro atoms. The number of rotatable bonds is 3. The first-order valence-electron chi connectivity index (χ1n) is 6.32. The highest BCUT2D eigenvalue weighted by molar-refractivity contribution is 7.92. The number of benzene rings is 1. The van der Waals surface area contributed by atoms with Crippen molar-refractivity contribution in [2.24, 2.45) is 0 Å². The molecule has 1 saturated heterocycles. The SMILES string of the molecule is C[C@@H]1CN(c2ccc(NS(C)(=O)=O)cc2)C[C@H](C)O1. The Balaban J connectivity index is 2.09. The van der Waals surface area contributed by atoms with Crippen molar-refractivity contribution >= 4 is 21.4 Å². The highest BCUT2D eigenvalue weighted by atomic mass is 32.2. The van der Waals surface area contributed by atoms with Crippen LogP contribution in [0.4, 0.5) is 11.4 Å². The Labute approximate surface area is 114 Å². The lowest BCUT2D eigenvalue weighted by molar-refractivity contribution is -0.00521. The molecule has 1 aromatic carbocycles. The fourth-order valence-electron chi connectivity index (χ4n) is 2.34. The van der Waals surface area contributed by atoms with Crippen molar-refractivity contribution in [3.63, 3.8) is 0 Å². The molecule has 0 amide bonds. The maximum absolute atomic E-state index is 11.1. The van der Waals surface area contributed by atoms with Gasteiger partial charge in [-0.1, -0.05) is 0 Å². The van der Waals surface area contributed by atoms with E-state index in [-0.39, 0.29) is 12.2 Å². The van der Waals surface area contributed by atoms with Gasteiger partial charge in [0.25, 0.3) is 0 Å². The number of anilines is 2. The number of ether oxygens (including phenoxy) is 1. The van der Waals surface area contributed by atoms with Gasteiger partial charge in [0.2, 0.25) is 10.0 Å². The normalized spacial score (nSPS) is 24.3. The van der Waals surface area contributed by atoms with E-state index in [1.165, 1.54) is 0 Å². The number of morpholine rings is 1. The second kappa shape index (κ2) is 5.38. The van der Waals surface area contributed by atoms with Gasteiger partial charge in [-0.15, -0.1) is 0 Å². The molecule has 0 radical (unpaired) electrons. The standard InChI is InChI=1S/C13H20N2O3S/c1-10-8-15(9-11(2)18-10)13-6-4-12(5-7-13)14-19(3,16)17/h4-7,10-11,14H,8-9H2,1-3H3/t10-,11+. The maximum atomic E-state index is 11.1. The monoisotopic (exact) mass is 284 g/mol. The third-order valence-electron chi connectivity index (χ3n) is 2.96. The summed E-state index contributed by atoms with van der Waals surface area (Å²) in [6.45, 7) is 5.82. The van der Waals surface area contributed by atoms with Gasteiger partial charge in [0.05, 0.1) is 18.5 Å². The molecule has 2 atom stereocenters. The van der Waals surface area contributed by atoms with Gasteiger partial charge in [-0.05, 0) is 38.1 Å². The Morgan fingerprint density at radius 2 is 1.68 bits per heavy atom. The van der Waals surface area contributed by atoms with Gasteiger partial charge < -0.3 is 9.64 Å². The number of nitrogens with one attached hydrogen (secondary N) is 1. The minimum absolute atomic E-state index is 0.206. The second-order valence-corrected chi connectivity index (χ2v) is 6.83. The summed E-state index contributed by atoms with van der Waals surface area (Å²) in [5, 5.41) is 0. The fraction of sp³-hybridized carbons (Fsp3) is 0.538. The summed E-state index contributed by atoms with van der Waals surface area (Å²) in [6.07, 6.45) is 1.56. The molecule has 2 rings (SSSR count). The van der Waals surface area contributed by atoms with E-state index in [0.717, 1.165) is 25.0 Å². The third-order valence-corrected chi connectivity index (χ3v) is 3.56. The molecular formula is C13H20N2O3S. The smallest absolute Gasteiger partial charge is 0.229 e. The minimum Gasteiger partial charge on any atom is -0.372 e. The van der Waals surface area contributed by atoms with Gasteiger partial charge in [-0.25, -0.2) is 8.42 Å². The Morgan fingerprint density at radius 1 is 1.16 bits per heavy atom. The predicted molar refractivity (Wildman–Crippen MR) is 77.1 cm³/mol. The predicted octanol–water partition coefficient (Wildman–Crippen LogP) is 1.67. The fourth-order valence-corrected chi connectivity index (χ4v) is 2.91. The molecule has 0 aromatic heterocycles. The van der Waals surface area contributed by atoms with Crippen LogP contribution >= 0.6 is 0 Å². The summed E-state index contributed by atoms with van der Waals surface area (Å²) < 4.78 is 30.4. The molecule has 0 aliphatic carbocycles. The first kappa shape index (κ1) is 14.1. The van der Waals surface area contributed by atoms with Gasteiger partial charge in [0.1, 0.15) is 0 Å². The van der Waals surface area contributed by atoms with Crippen LogP contribution in [-0.4, -0.2) is 40.0 Å². The van der Waals surface area contributed by atoms with Crippen LogP contribution in [0.1, 0.15) is 13.8 Å². The number of sulfonamides is 1. The molecule has 0 saturated carbocycles. The molecule has 1 fully saturated rings. The van der Waals surface area contributed by atoms with Gasteiger partial charge in [0.15, 0.2) is 0 Å². The number of hydrogen-bond acceptors (Lipinski definition) is 4. The third kappa shape index (κ3) is 4.11. The summed E-state index contributed by atoms with van der Waals surface area (Å²) in [7, 11) is -3.22. The summed E-state index contributed by atoms with van der Waals surface area (Å²) >= 11 is 0. The average molecular weight is 284 g/mol. The van der Waals surface area contributed by atoms with E-state index in [9.17, 15) is 8.42 Å². The van der Waals surface area contributed by atoms with Crippen LogP contribution in [0.2, 0.25) is 0 Å². The van der Waals surface area contributed by atoms with Gasteiger partial charge in [-0.3, -0.25) is 4.72 Å². The van der Waals surface area contributed by atoms with Crippen molar-refractivity contribution in [2.45, 2.75) is 26.1 Å². The van der Waals surface area contributed by atoms with E-state index in [1.54, 1.807) is 12.1 Å². The van der Waals surface area contributed by atoms with Gasteiger partial charge in [-0.2, -0.15) is 0 Å². The lowest BCUT2D eigenvalue weighted by atomic mass is 10.2. The minimum atomic E-state index is -3.22. The highest BCUT2D eigenvalue weighted by Gasteiger charge is 2.22. The zero-order chi connectivity index (χ0) is 14.0. The van der Waals surface area contributed by atoms with E-state index < -0.39 is 10.0 Å². The molecule has 5 nitrogen and oxygen atoms in total. The van der Waals surface area contributed by atoms with E-state index in [0.29, 0.717) is 5.69 Å². The Kier molecular flexibility index (Phi) is 4.01. The van der Waals surface area contributed by atoms with Crippen LogP contribution in [0.25, 0.3) is 0 Å². The summed E-state index contributed by atoms with van der Waals surface area (Å²) in [4.78, 5) is 2.25. The van der Waals surface area contributed by atoms with Crippen molar-refractivity contribution in [2.75, 3.05) is 29.0 Å². The van der Waals surface area contributed by atoms with Crippen molar-refractivity contribution in [1.29, 1.82) is 0 Å². The van der Waals surface area contributed by atoms with E-state index in [2.05, 4.69) is 23.5 Å². The summed E-state index contributed by atoms with van der Waals surface area (Å²) in [5.74, 6) is 0. The molecule has 19 heavy (non-hydrogen) atoms. The lowest BCUT2D eigenvalue weighted by Gasteiger charge is -2.36. The molecule has 0 bridgehead atoms. The van der Waals surface area contributed by atoms with Crippen LogP contribution in [0, 0.1) is 0 Å². The molecular weight excluding hydrogens is 264 g/mol. The van der Waals surface area contributed by atoms with Gasteiger partial charge in [0, 0.05) is 24.5 Å². The average Bonchev–Trinajstić information content (AvgIpc) is 2.26. The van der Waals surface area contributed by atoms with E-state index in [4.69, 9.17) is 4.74 Å². The van der Waals surface area contributed by atoms with Crippen LogP contribution in [0.3, 0.4) is 0 Å². The lowest BCUT2D eigenvalue weighted by Crippen LogP contribution is -2.45. The van der Waals surface area contributed by atoms with Crippen LogP contribution in [0.5, 0.6) is 0 Å². The molecule has 1 heterocycles. The second-order valence-electron chi connectivity index (χ2n) is 5.08. The molecule has 1 aliphatic rings. The molecule has 106 valence electrons. The zero-order valence-electron chi connectivity index (χ0n) is 11.5. The topological polar surface area (TPSA) is 58.6 Å². The maximum Gasteiger partial charge on any atom is 0.229 e. The van der Waals surface area contributed by atoms with Gasteiger partial charge >= 0.3 is 0 Å².